The lowest BCUT2D eigenvalue weighted by atomic mass is 10.3. The van der Waals surface area contributed by atoms with E-state index < -0.39 is 0 Å². The number of fused-ring (bicyclic) bond motifs is 1. The normalized spacial score (nSPS) is 12.4. The number of amides is 2. The Labute approximate surface area is 120 Å². The van der Waals surface area contributed by atoms with Gasteiger partial charge in [-0.05, 0) is 41.4 Å². The van der Waals surface area contributed by atoms with Gasteiger partial charge in [0.2, 0.25) is 0 Å². The molecule has 0 aliphatic rings. The average Bonchev–Trinajstić information content (AvgIpc) is 2.78. The van der Waals surface area contributed by atoms with Crippen molar-refractivity contribution in [3.8, 4) is 0 Å². The number of rotatable bonds is 4. The molecule has 0 saturated heterocycles. The summed E-state index contributed by atoms with van der Waals surface area (Å²) in [7, 11) is 0. The summed E-state index contributed by atoms with van der Waals surface area (Å²) in [6, 6.07) is 3.88. The molecule has 2 heterocycles. The van der Waals surface area contributed by atoms with Gasteiger partial charge in [-0.25, -0.2) is 9.78 Å². The molecule has 102 valence electrons. The van der Waals surface area contributed by atoms with Crippen LogP contribution in [0.1, 0.15) is 26.0 Å². The molecule has 2 aromatic rings. The zero-order valence-electron chi connectivity index (χ0n) is 11.0. The Kier molecular flexibility index (Phi) is 4.42. The van der Waals surface area contributed by atoms with Crippen LogP contribution >= 0.6 is 15.9 Å². The number of nitrogens with one attached hydrogen (secondary N) is 2. The fourth-order valence-corrected chi connectivity index (χ4v) is 2.00. The standard InChI is InChI=1S/C13H17BrN4O/c1-3-9(2)16-13(19)15-6-11-8-18-7-10(14)4-5-12(18)17-11/h4-5,7-9H,3,6H2,1-2H3,(H2,15,16,19)/t9-/m0/s1. The molecule has 2 aromatic heterocycles. The largest absolute Gasteiger partial charge is 0.336 e. The van der Waals surface area contributed by atoms with E-state index >= 15 is 0 Å². The minimum Gasteiger partial charge on any atom is -0.336 e. The molecule has 6 heteroatoms. The lowest BCUT2D eigenvalue weighted by Crippen LogP contribution is -2.40. The highest BCUT2D eigenvalue weighted by Crippen LogP contribution is 2.12. The first-order valence-corrected chi connectivity index (χ1v) is 7.05. The first-order chi connectivity index (χ1) is 9.08. The number of carbonyl (C=O) groups excluding carboxylic acids is 1. The van der Waals surface area contributed by atoms with Gasteiger partial charge in [0.1, 0.15) is 5.65 Å². The Hall–Kier alpha value is -1.56. The molecule has 2 N–H and O–H groups in total. The number of hydrogen-bond acceptors (Lipinski definition) is 2. The molecule has 0 unspecified atom stereocenters. The molecule has 0 aromatic carbocycles. The van der Waals surface area contributed by atoms with Crippen molar-refractivity contribution in [1.82, 2.24) is 20.0 Å². The van der Waals surface area contributed by atoms with Crippen molar-refractivity contribution in [3.05, 3.63) is 34.7 Å². The quantitative estimate of drug-likeness (QED) is 0.908. The van der Waals surface area contributed by atoms with Gasteiger partial charge in [0.05, 0.1) is 12.2 Å². The number of urea groups is 1. The lowest BCUT2D eigenvalue weighted by Gasteiger charge is -2.11. The Morgan fingerprint density at radius 2 is 2.26 bits per heavy atom. The van der Waals surface area contributed by atoms with Crippen LogP contribution in [-0.2, 0) is 6.54 Å². The van der Waals surface area contributed by atoms with Gasteiger partial charge in [0, 0.05) is 22.9 Å². The smallest absolute Gasteiger partial charge is 0.315 e. The van der Waals surface area contributed by atoms with Crippen LogP contribution in [0.4, 0.5) is 4.79 Å². The van der Waals surface area contributed by atoms with Gasteiger partial charge in [0.25, 0.3) is 0 Å². The van der Waals surface area contributed by atoms with Crippen molar-refractivity contribution >= 4 is 27.6 Å². The number of aromatic nitrogens is 2. The monoisotopic (exact) mass is 324 g/mol. The van der Waals surface area contributed by atoms with Crippen LogP contribution < -0.4 is 10.6 Å². The second kappa shape index (κ2) is 6.06. The van der Waals surface area contributed by atoms with Crippen LogP contribution in [0, 0.1) is 0 Å². The Bertz CT molecular complexity index is 581. The fourth-order valence-electron chi connectivity index (χ4n) is 1.65. The van der Waals surface area contributed by atoms with Crippen molar-refractivity contribution in [2.24, 2.45) is 0 Å². The van der Waals surface area contributed by atoms with Crippen LogP contribution in [0.5, 0.6) is 0 Å². The van der Waals surface area contributed by atoms with Gasteiger partial charge in [-0.3, -0.25) is 0 Å². The summed E-state index contributed by atoms with van der Waals surface area (Å²) in [6.45, 7) is 4.43. The molecule has 19 heavy (non-hydrogen) atoms. The Morgan fingerprint density at radius 3 is 3.00 bits per heavy atom. The zero-order chi connectivity index (χ0) is 13.8. The third kappa shape index (κ3) is 3.70. The molecule has 0 saturated carbocycles. The highest BCUT2D eigenvalue weighted by atomic mass is 79.9. The summed E-state index contributed by atoms with van der Waals surface area (Å²) < 4.78 is 2.92. The third-order valence-electron chi connectivity index (χ3n) is 2.88. The molecular weight excluding hydrogens is 308 g/mol. The summed E-state index contributed by atoms with van der Waals surface area (Å²) in [5, 5.41) is 5.65. The van der Waals surface area contributed by atoms with Crippen molar-refractivity contribution in [2.45, 2.75) is 32.9 Å². The summed E-state index contributed by atoms with van der Waals surface area (Å²) in [5.74, 6) is 0. The second-order valence-corrected chi connectivity index (χ2v) is 5.40. The van der Waals surface area contributed by atoms with Crippen molar-refractivity contribution < 1.29 is 4.79 Å². The summed E-state index contributed by atoms with van der Waals surface area (Å²) >= 11 is 3.41. The Balaban J connectivity index is 1.96. The first kappa shape index (κ1) is 13.9. The van der Waals surface area contributed by atoms with Crippen LogP contribution in [0.2, 0.25) is 0 Å². The van der Waals surface area contributed by atoms with E-state index in [9.17, 15) is 4.79 Å². The highest BCUT2D eigenvalue weighted by Gasteiger charge is 2.06. The molecule has 1 atom stereocenters. The molecule has 2 rings (SSSR count). The van der Waals surface area contributed by atoms with Gasteiger partial charge in [-0.2, -0.15) is 0 Å². The van der Waals surface area contributed by atoms with E-state index in [1.807, 2.05) is 42.8 Å². The van der Waals surface area contributed by atoms with E-state index in [4.69, 9.17) is 0 Å². The number of imidazole rings is 1. The number of halogens is 1. The molecule has 0 radical (unpaired) electrons. The molecule has 0 aliphatic carbocycles. The van der Waals surface area contributed by atoms with Gasteiger partial charge >= 0.3 is 6.03 Å². The molecule has 0 spiro atoms. The molecule has 0 aliphatic heterocycles. The van der Waals surface area contributed by atoms with E-state index in [0.717, 1.165) is 22.2 Å². The van der Waals surface area contributed by atoms with E-state index in [2.05, 4.69) is 31.5 Å². The number of pyridine rings is 1. The van der Waals surface area contributed by atoms with Crippen LogP contribution in [0.25, 0.3) is 5.65 Å². The van der Waals surface area contributed by atoms with Crippen LogP contribution in [-0.4, -0.2) is 21.5 Å². The van der Waals surface area contributed by atoms with Crippen molar-refractivity contribution in [1.29, 1.82) is 0 Å². The van der Waals surface area contributed by atoms with Crippen molar-refractivity contribution in [3.63, 3.8) is 0 Å². The zero-order valence-corrected chi connectivity index (χ0v) is 12.6. The topological polar surface area (TPSA) is 58.4 Å². The maximum Gasteiger partial charge on any atom is 0.315 e. The molecule has 2 amide bonds. The third-order valence-corrected chi connectivity index (χ3v) is 3.35. The molecule has 0 fully saturated rings. The minimum atomic E-state index is -0.160. The van der Waals surface area contributed by atoms with E-state index in [-0.39, 0.29) is 12.1 Å². The van der Waals surface area contributed by atoms with E-state index in [0.29, 0.717) is 6.54 Å². The molecule has 0 bridgehead atoms. The number of nitrogens with zero attached hydrogens (tertiary/aromatic N) is 2. The van der Waals surface area contributed by atoms with Crippen LogP contribution in [0.3, 0.4) is 0 Å². The maximum atomic E-state index is 11.6. The molecular formula is C13H17BrN4O. The van der Waals surface area contributed by atoms with Gasteiger partial charge < -0.3 is 15.0 Å². The number of hydrogen-bond donors (Lipinski definition) is 2. The van der Waals surface area contributed by atoms with Gasteiger partial charge in [-0.1, -0.05) is 6.92 Å². The van der Waals surface area contributed by atoms with Gasteiger partial charge in [-0.15, -0.1) is 0 Å². The van der Waals surface area contributed by atoms with Gasteiger partial charge in [0.15, 0.2) is 0 Å². The lowest BCUT2D eigenvalue weighted by molar-refractivity contribution is 0.237. The minimum absolute atomic E-state index is 0.160. The first-order valence-electron chi connectivity index (χ1n) is 6.26. The van der Waals surface area contributed by atoms with E-state index in [1.54, 1.807) is 0 Å². The maximum absolute atomic E-state index is 11.6. The predicted octanol–water partition coefficient (Wildman–Crippen LogP) is 2.69. The SMILES string of the molecule is CC[C@H](C)NC(=O)NCc1cn2cc(Br)ccc2n1. The molecule has 5 nitrogen and oxygen atoms in total. The highest BCUT2D eigenvalue weighted by molar-refractivity contribution is 9.10. The fraction of sp³-hybridized carbons (Fsp3) is 0.385. The predicted molar refractivity (Wildman–Crippen MR) is 78.0 cm³/mol. The summed E-state index contributed by atoms with van der Waals surface area (Å²) in [6.07, 6.45) is 4.75. The number of carbonyl (C=O) groups is 1. The van der Waals surface area contributed by atoms with E-state index in [1.165, 1.54) is 0 Å². The summed E-state index contributed by atoms with van der Waals surface area (Å²) in [5.41, 5.74) is 1.69. The van der Waals surface area contributed by atoms with Crippen molar-refractivity contribution in [2.75, 3.05) is 0 Å². The summed E-state index contributed by atoms with van der Waals surface area (Å²) in [4.78, 5) is 16.0. The Morgan fingerprint density at radius 1 is 1.47 bits per heavy atom. The van der Waals surface area contributed by atoms with Crippen LogP contribution in [0.15, 0.2) is 29.0 Å². The second-order valence-electron chi connectivity index (χ2n) is 4.48. The average molecular weight is 325 g/mol.